The fourth-order valence-electron chi connectivity index (χ4n) is 4.37. The van der Waals surface area contributed by atoms with Crippen LogP contribution < -0.4 is 10.6 Å². The normalized spacial score (nSPS) is 19.7. The third kappa shape index (κ3) is 5.25. The van der Waals surface area contributed by atoms with Crippen LogP contribution in [0.2, 0.25) is 0 Å². The number of hydrogen-bond donors (Lipinski definition) is 2. The Bertz CT molecular complexity index is 1230. The Labute approximate surface area is 201 Å². The predicted octanol–water partition coefficient (Wildman–Crippen LogP) is 3.72. The summed E-state index contributed by atoms with van der Waals surface area (Å²) in [5, 5.41) is 5.68. The largest absolute Gasteiger partial charge is 0.375 e. The highest BCUT2D eigenvalue weighted by molar-refractivity contribution is 5.89. The molecular weight excluding hydrogens is 456 g/mol. The zero-order chi connectivity index (χ0) is 24.6. The topological polar surface area (TPSA) is 105 Å². The maximum atomic E-state index is 13.7. The third-order valence-corrected chi connectivity index (χ3v) is 6.02. The number of nitrogens with zero attached hydrogens (tertiary/aromatic N) is 5. The van der Waals surface area contributed by atoms with Crippen molar-refractivity contribution in [2.24, 2.45) is 0 Å². The Morgan fingerprint density at radius 1 is 1.20 bits per heavy atom. The molecule has 2 saturated heterocycles. The molecule has 35 heavy (non-hydrogen) atoms. The molecule has 2 fully saturated rings. The van der Waals surface area contributed by atoms with Gasteiger partial charge in [0.25, 0.3) is 0 Å². The number of aromatic nitrogens is 4. The highest BCUT2D eigenvalue weighted by Crippen LogP contribution is 2.32. The molecule has 5 heterocycles. The highest BCUT2D eigenvalue weighted by atomic mass is 19.3. The molecule has 9 nitrogen and oxygen atoms in total. The number of fused-ring (bicyclic) bond motifs is 2. The zero-order valence-electron chi connectivity index (χ0n) is 19.3. The number of hydrogen-bond acceptors (Lipinski definition) is 8. The number of nitrogens with one attached hydrogen (secondary N) is 2. The van der Waals surface area contributed by atoms with Crippen molar-refractivity contribution in [2.75, 3.05) is 23.8 Å². The van der Waals surface area contributed by atoms with Gasteiger partial charge in [0, 0.05) is 63.2 Å². The summed E-state index contributed by atoms with van der Waals surface area (Å²) in [6.07, 6.45) is 6.09. The fraction of sp³-hybridized carbons (Fsp3) is 0.375. The molecular formula is C24H25F2N7O2. The number of alkyl halides is 2. The summed E-state index contributed by atoms with van der Waals surface area (Å²) in [6, 6.07) is 7.47. The Hall–Kier alpha value is -3.57. The van der Waals surface area contributed by atoms with Gasteiger partial charge in [0.1, 0.15) is 11.6 Å². The minimum Gasteiger partial charge on any atom is -0.375 e. The monoisotopic (exact) mass is 481 g/mol. The fourth-order valence-corrected chi connectivity index (χ4v) is 4.37. The Balaban J connectivity index is 1.41. The molecule has 0 unspecified atom stereocenters. The lowest BCUT2D eigenvalue weighted by atomic mass is 10.1. The SMILES string of the molecule is CC(=O)Nc1cc(Nc2ccnc(C(C)(F)F)n2)c(-c2ccc(CN3C[C@@H]4C[C@H]3CO4)cn2)cn1. The number of pyridine rings is 2. The highest BCUT2D eigenvalue weighted by Gasteiger charge is 2.38. The van der Waals surface area contributed by atoms with Crippen molar-refractivity contribution in [3.05, 3.63) is 54.2 Å². The van der Waals surface area contributed by atoms with Crippen LogP contribution in [-0.4, -0.2) is 56.0 Å². The number of carbonyl (C=O) groups excluding carboxylic acids is 1. The van der Waals surface area contributed by atoms with Crippen molar-refractivity contribution in [3.8, 4) is 11.3 Å². The molecule has 2 bridgehead atoms. The van der Waals surface area contributed by atoms with E-state index in [-0.39, 0.29) is 11.7 Å². The van der Waals surface area contributed by atoms with Gasteiger partial charge in [-0.15, -0.1) is 0 Å². The summed E-state index contributed by atoms with van der Waals surface area (Å²) in [7, 11) is 0. The second-order valence-electron chi connectivity index (χ2n) is 8.90. The maximum absolute atomic E-state index is 13.7. The van der Waals surface area contributed by atoms with E-state index >= 15 is 0 Å². The van der Waals surface area contributed by atoms with E-state index in [0.717, 1.165) is 38.6 Å². The number of ether oxygens (including phenoxy) is 1. The van der Waals surface area contributed by atoms with E-state index < -0.39 is 11.7 Å². The second kappa shape index (κ2) is 9.23. The van der Waals surface area contributed by atoms with Gasteiger partial charge in [0.2, 0.25) is 11.7 Å². The van der Waals surface area contributed by atoms with Gasteiger partial charge in [-0.3, -0.25) is 14.7 Å². The number of likely N-dealkylation sites (tertiary alicyclic amines) is 1. The lowest BCUT2D eigenvalue weighted by molar-refractivity contribution is -0.114. The van der Waals surface area contributed by atoms with Crippen molar-refractivity contribution in [2.45, 2.75) is 44.9 Å². The molecule has 0 aromatic carbocycles. The second-order valence-corrected chi connectivity index (χ2v) is 8.90. The lowest BCUT2D eigenvalue weighted by Gasteiger charge is -2.26. The van der Waals surface area contributed by atoms with Crippen LogP contribution in [0.5, 0.6) is 0 Å². The molecule has 3 aromatic heterocycles. The number of anilines is 3. The zero-order valence-corrected chi connectivity index (χ0v) is 19.3. The van der Waals surface area contributed by atoms with Crippen molar-refractivity contribution in [1.82, 2.24) is 24.8 Å². The molecule has 11 heteroatoms. The van der Waals surface area contributed by atoms with Gasteiger partial charge in [-0.2, -0.15) is 8.78 Å². The van der Waals surface area contributed by atoms with Crippen LogP contribution in [0, 0.1) is 0 Å². The van der Waals surface area contributed by atoms with Crippen molar-refractivity contribution >= 4 is 23.2 Å². The van der Waals surface area contributed by atoms with Crippen molar-refractivity contribution in [3.63, 3.8) is 0 Å². The van der Waals surface area contributed by atoms with Gasteiger partial charge in [-0.05, 0) is 24.1 Å². The number of rotatable bonds is 7. The van der Waals surface area contributed by atoms with E-state index in [9.17, 15) is 13.6 Å². The summed E-state index contributed by atoms with van der Waals surface area (Å²) >= 11 is 0. The number of morpholine rings is 1. The van der Waals surface area contributed by atoms with E-state index in [1.807, 2.05) is 18.3 Å². The van der Waals surface area contributed by atoms with Crippen molar-refractivity contribution < 1.29 is 18.3 Å². The number of halogens is 2. The first kappa shape index (κ1) is 23.2. The van der Waals surface area contributed by atoms with Gasteiger partial charge in [-0.1, -0.05) is 6.07 Å². The molecule has 2 aliphatic heterocycles. The first-order chi connectivity index (χ1) is 16.7. The molecule has 5 rings (SSSR count). The predicted molar refractivity (Wildman–Crippen MR) is 125 cm³/mol. The van der Waals surface area contributed by atoms with Crippen LogP contribution in [0.1, 0.15) is 31.7 Å². The van der Waals surface area contributed by atoms with Crippen LogP contribution in [0.25, 0.3) is 11.3 Å². The summed E-state index contributed by atoms with van der Waals surface area (Å²) in [6.45, 7) is 4.64. The molecule has 2 aliphatic rings. The first-order valence-electron chi connectivity index (χ1n) is 11.3. The van der Waals surface area contributed by atoms with Gasteiger partial charge in [0.05, 0.1) is 24.1 Å². The molecule has 0 saturated carbocycles. The van der Waals surface area contributed by atoms with E-state index in [4.69, 9.17) is 4.74 Å². The molecule has 0 aliphatic carbocycles. The summed E-state index contributed by atoms with van der Waals surface area (Å²) in [5.41, 5.74) is 2.86. The number of carbonyl (C=O) groups is 1. The van der Waals surface area contributed by atoms with Gasteiger partial charge >= 0.3 is 5.92 Å². The average molecular weight is 482 g/mol. The average Bonchev–Trinajstić information content (AvgIpc) is 3.43. The van der Waals surface area contributed by atoms with E-state index in [2.05, 4.69) is 35.5 Å². The quantitative estimate of drug-likeness (QED) is 0.526. The first-order valence-corrected chi connectivity index (χ1v) is 11.3. The van der Waals surface area contributed by atoms with Gasteiger partial charge in [-0.25, -0.2) is 15.0 Å². The maximum Gasteiger partial charge on any atom is 0.303 e. The Kier molecular flexibility index (Phi) is 6.12. The molecule has 0 spiro atoms. The summed E-state index contributed by atoms with van der Waals surface area (Å²) < 4.78 is 33.1. The standard InChI is InChI=1S/C24H25F2N7O2/c1-14(34)30-22-8-20(31-21-5-6-27-23(32-21)24(2,25)26)18(10-29-22)19-4-3-15(9-28-19)11-33-12-17-7-16(33)13-35-17/h3-6,8-10,16-17H,7,11-13H2,1-2H3,(H2,27,29,30,31,32,34)/t16-,17-/m0/s1. The lowest BCUT2D eigenvalue weighted by Crippen LogP contribution is -2.36. The van der Waals surface area contributed by atoms with Gasteiger partial charge in [0.15, 0.2) is 0 Å². The Morgan fingerprint density at radius 3 is 2.71 bits per heavy atom. The molecule has 182 valence electrons. The van der Waals surface area contributed by atoms with E-state index in [1.165, 1.54) is 19.2 Å². The molecule has 2 atom stereocenters. The minimum atomic E-state index is -3.18. The van der Waals surface area contributed by atoms with Crippen molar-refractivity contribution in [1.29, 1.82) is 0 Å². The van der Waals surface area contributed by atoms with E-state index in [1.54, 1.807) is 12.3 Å². The van der Waals surface area contributed by atoms with Crippen LogP contribution >= 0.6 is 0 Å². The van der Waals surface area contributed by atoms with Gasteiger partial charge < -0.3 is 15.4 Å². The Morgan fingerprint density at radius 2 is 2.06 bits per heavy atom. The summed E-state index contributed by atoms with van der Waals surface area (Å²) in [4.78, 5) is 30.5. The third-order valence-electron chi connectivity index (χ3n) is 6.02. The molecule has 0 radical (unpaired) electrons. The minimum absolute atomic E-state index is 0.181. The van der Waals surface area contributed by atoms with Crippen LogP contribution in [0.3, 0.4) is 0 Å². The van der Waals surface area contributed by atoms with Crippen LogP contribution in [0.4, 0.5) is 26.1 Å². The smallest absolute Gasteiger partial charge is 0.303 e. The molecule has 2 N–H and O–H groups in total. The molecule has 1 amide bonds. The van der Waals surface area contributed by atoms with Crippen LogP contribution in [0.15, 0.2) is 42.9 Å². The summed E-state index contributed by atoms with van der Waals surface area (Å²) in [5.74, 6) is -3.57. The molecule has 3 aromatic rings. The van der Waals surface area contributed by atoms with Crippen LogP contribution in [-0.2, 0) is 22.0 Å². The van der Waals surface area contributed by atoms with E-state index in [0.29, 0.717) is 34.9 Å². The number of amides is 1.